The Kier molecular flexibility index (Phi) is 2.49. The number of rotatable bonds is 2. The predicted octanol–water partition coefficient (Wildman–Crippen LogP) is 1.63. The van der Waals surface area contributed by atoms with Crippen molar-refractivity contribution in [1.29, 1.82) is 0 Å². The van der Waals surface area contributed by atoms with E-state index in [4.69, 9.17) is 5.11 Å². The van der Waals surface area contributed by atoms with Gasteiger partial charge in [0.2, 0.25) is 0 Å². The van der Waals surface area contributed by atoms with Crippen LogP contribution >= 0.6 is 0 Å². The van der Waals surface area contributed by atoms with Crippen molar-refractivity contribution in [2.45, 2.75) is 12.3 Å². The zero-order valence-electron chi connectivity index (χ0n) is 8.36. The Morgan fingerprint density at radius 1 is 1.50 bits per heavy atom. The van der Waals surface area contributed by atoms with Crippen LogP contribution in [0.25, 0.3) is 0 Å². The number of hydrogen-bond donors (Lipinski definition) is 1. The molecular weight excluding hydrogens is 218 g/mol. The second kappa shape index (κ2) is 3.70. The third-order valence-corrected chi connectivity index (χ3v) is 2.49. The number of hydrogen-bond acceptors (Lipinski definition) is 3. The first-order chi connectivity index (χ1) is 7.48. The van der Waals surface area contributed by atoms with Crippen LogP contribution in [0.1, 0.15) is 16.8 Å². The van der Waals surface area contributed by atoms with Gasteiger partial charge in [-0.25, -0.2) is 18.6 Å². The molecule has 1 aliphatic heterocycles. The molecule has 1 aromatic rings. The van der Waals surface area contributed by atoms with E-state index in [1.165, 1.54) is 23.2 Å². The molecule has 4 nitrogen and oxygen atoms in total. The van der Waals surface area contributed by atoms with E-state index in [-0.39, 0.29) is 25.1 Å². The Hall–Kier alpha value is -1.72. The third-order valence-electron chi connectivity index (χ3n) is 2.49. The van der Waals surface area contributed by atoms with E-state index < -0.39 is 11.9 Å². The van der Waals surface area contributed by atoms with E-state index in [0.717, 1.165) is 0 Å². The highest BCUT2D eigenvalue weighted by Gasteiger charge is 2.38. The van der Waals surface area contributed by atoms with Crippen molar-refractivity contribution in [3.05, 3.63) is 23.9 Å². The Balaban J connectivity index is 2.14. The highest BCUT2D eigenvalue weighted by atomic mass is 19.3. The van der Waals surface area contributed by atoms with Gasteiger partial charge in [0.05, 0.1) is 12.1 Å². The second-order valence-electron chi connectivity index (χ2n) is 3.74. The number of pyridine rings is 1. The van der Waals surface area contributed by atoms with Crippen LogP contribution in [0.4, 0.5) is 14.6 Å². The Labute approximate surface area is 90.5 Å². The Bertz CT molecular complexity index is 406. The lowest BCUT2D eigenvalue weighted by Crippen LogP contribution is -2.25. The molecule has 0 aliphatic carbocycles. The standard InChI is InChI=1S/C10H10F2N2O2/c11-10(12)3-4-14(6-10)8-2-1-7(5-13-8)9(15)16/h1-2,5H,3-4,6H2,(H,15,16). The van der Waals surface area contributed by atoms with Crippen molar-refractivity contribution in [2.24, 2.45) is 0 Å². The molecule has 0 spiro atoms. The molecule has 0 unspecified atom stereocenters. The summed E-state index contributed by atoms with van der Waals surface area (Å²) in [6.07, 6.45) is 0.990. The molecule has 0 atom stereocenters. The van der Waals surface area contributed by atoms with Gasteiger partial charge >= 0.3 is 5.97 Å². The summed E-state index contributed by atoms with van der Waals surface area (Å²) in [5.74, 6) is -3.36. The second-order valence-corrected chi connectivity index (χ2v) is 3.74. The molecule has 2 rings (SSSR count). The van der Waals surface area contributed by atoms with Crippen molar-refractivity contribution >= 4 is 11.8 Å². The van der Waals surface area contributed by atoms with E-state index >= 15 is 0 Å². The van der Waals surface area contributed by atoms with Gasteiger partial charge in [0.25, 0.3) is 5.92 Å². The molecule has 0 radical (unpaired) electrons. The van der Waals surface area contributed by atoms with Gasteiger partial charge in [0.1, 0.15) is 5.82 Å². The summed E-state index contributed by atoms with van der Waals surface area (Å²) in [6, 6.07) is 2.81. The van der Waals surface area contributed by atoms with Gasteiger partial charge in [-0.1, -0.05) is 0 Å². The number of halogens is 2. The monoisotopic (exact) mass is 228 g/mol. The molecular formula is C10H10F2N2O2. The topological polar surface area (TPSA) is 53.4 Å². The maximum Gasteiger partial charge on any atom is 0.337 e. The molecule has 2 heterocycles. The molecule has 0 saturated carbocycles. The first-order valence-corrected chi connectivity index (χ1v) is 4.80. The average molecular weight is 228 g/mol. The zero-order chi connectivity index (χ0) is 11.8. The zero-order valence-corrected chi connectivity index (χ0v) is 8.36. The van der Waals surface area contributed by atoms with Gasteiger partial charge < -0.3 is 10.0 Å². The van der Waals surface area contributed by atoms with Crippen LogP contribution < -0.4 is 4.90 Å². The summed E-state index contributed by atoms with van der Waals surface area (Å²) in [6.45, 7) is -0.112. The lowest BCUT2D eigenvalue weighted by Gasteiger charge is -2.16. The lowest BCUT2D eigenvalue weighted by atomic mass is 10.3. The van der Waals surface area contributed by atoms with E-state index in [1.54, 1.807) is 0 Å². The van der Waals surface area contributed by atoms with Crippen molar-refractivity contribution in [2.75, 3.05) is 18.0 Å². The van der Waals surface area contributed by atoms with Gasteiger partial charge in [-0.3, -0.25) is 0 Å². The Morgan fingerprint density at radius 2 is 2.25 bits per heavy atom. The molecule has 6 heteroatoms. The van der Waals surface area contributed by atoms with Crippen LogP contribution in [0.15, 0.2) is 18.3 Å². The number of aromatic carboxylic acids is 1. The number of carboxylic acid groups (broad SMARTS) is 1. The summed E-state index contributed by atoms with van der Waals surface area (Å²) in [7, 11) is 0. The van der Waals surface area contributed by atoms with E-state index in [9.17, 15) is 13.6 Å². The van der Waals surface area contributed by atoms with Crippen LogP contribution in [-0.2, 0) is 0 Å². The van der Waals surface area contributed by atoms with E-state index in [1.807, 2.05) is 0 Å². The highest BCUT2D eigenvalue weighted by molar-refractivity contribution is 5.87. The first-order valence-electron chi connectivity index (χ1n) is 4.80. The van der Waals surface area contributed by atoms with Gasteiger partial charge in [-0.05, 0) is 12.1 Å². The lowest BCUT2D eigenvalue weighted by molar-refractivity contribution is 0.0256. The summed E-state index contributed by atoms with van der Waals surface area (Å²) in [5.41, 5.74) is 0.0507. The maximum atomic E-state index is 12.9. The quantitative estimate of drug-likeness (QED) is 0.835. The van der Waals surface area contributed by atoms with Crippen LogP contribution in [0.2, 0.25) is 0 Å². The number of carbonyl (C=O) groups is 1. The maximum absolute atomic E-state index is 12.9. The molecule has 0 aromatic carbocycles. The van der Waals surface area contributed by atoms with Gasteiger partial charge in [0, 0.05) is 19.2 Å². The fourth-order valence-electron chi connectivity index (χ4n) is 1.63. The molecule has 16 heavy (non-hydrogen) atoms. The number of aromatic nitrogens is 1. The van der Waals surface area contributed by atoms with Crippen LogP contribution in [0.3, 0.4) is 0 Å². The SMILES string of the molecule is O=C(O)c1ccc(N2CCC(F)(F)C2)nc1. The molecule has 1 aromatic heterocycles. The van der Waals surface area contributed by atoms with Gasteiger partial charge in [-0.15, -0.1) is 0 Å². The number of alkyl halides is 2. The minimum atomic E-state index is -2.67. The van der Waals surface area contributed by atoms with Crippen molar-refractivity contribution < 1.29 is 18.7 Å². The number of anilines is 1. The van der Waals surface area contributed by atoms with Gasteiger partial charge in [0.15, 0.2) is 0 Å². The van der Waals surface area contributed by atoms with Gasteiger partial charge in [-0.2, -0.15) is 0 Å². The van der Waals surface area contributed by atoms with E-state index in [2.05, 4.69) is 4.98 Å². The molecule has 1 fully saturated rings. The molecule has 1 saturated heterocycles. The predicted molar refractivity (Wildman–Crippen MR) is 53.0 cm³/mol. The minimum Gasteiger partial charge on any atom is -0.478 e. The van der Waals surface area contributed by atoms with Crippen molar-refractivity contribution in [1.82, 2.24) is 4.98 Å². The fourth-order valence-corrected chi connectivity index (χ4v) is 1.63. The smallest absolute Gasteiger partial charge is 0.337 e. The first kappa shape index (κ1) is 10.8. The molecule has 0 amide bonds. The molecule has 0 bridgehead atoms. The Morgan fingerprint density at radius 3 is 2.69 bits per heavy atom. The molecule has 1 aliphatic rings. The van der Waals surface area contributed by atoms with Crippen molar-refractivity contribution in [3.8, 4) is 0 Å². The number of nitrogens with zero attached hydrogens (tertiary/aromatic N) is 2. The molecule has 1 N–H and O–H groups in total. The van der Waals surface area contributed by atoms with Crippen LogP contribution in [0.5, 0.6) is 0 Å². The van der Waals surface area contributed by atoms with Crippen LogP contribution in [-0.4, -0.2) is 35.1 Å². The van der Waals surface area contributed by atoms with E-state index in [0.29, 0.717) is 5.82 Å². The average Bonchev–Trinajstić information content (AvgIpc) is 2.59. The summed E-state index contributed by atoms with van der Waals surface area (Å²) in [4.78, 5) is 15.9. The largest absolute Gasteiger partial charge is 0.478 e. The normalized spacial score (nSPS) is 18.8. The minimum absolute atomic E-state index is 0.0507. The third kappa shape index (κ3) is 2.10. The fraction of sp³-hybridized carbons (Fsp3) is 0.400. The summed E-state index contributed by atoms with van der Waals surface area (Å²) in [5, 5.41) is 8.65. The summed E-state index contributed by atoms with van der Waals surface area (Å²) < 4.78 is 25.8. The van der Waals surface area contributed by atoms with Crippen molar-refractivity contribution in [3.63, 3.8) is 0 Å². The molecule has 86 valence electrons. The van der Waals surface area contributed by atoms with Crippen LogP contribution in [0, 0.1) is 0 Å². The highest BCUT2D eigenvalue weighted by Crippen LogP contribution is 2.29. The summed E-state index contributed by atoms with van der Waals surface area (Å²) >= 11 is 0. The number of carboxylic acids is 1.